The first kappa shape index (κ1) is 18.5. The van der Waals surface area contributed by atoms with E-state index in [0.717, 1.165) is 11.3 Å². The molecule has 132 valence electrons. The van der Waals surface area contributed by atoms with Crippen LogP contribution in [-0.2, 0) is 9.59 Å². The molecule has 5 heteroatoms. The van der Waals surface area contributed by atoms with Crippen LogP contribution < -0.4 is 15.4 Å². The van der Waals surface area contributed by atoms with E-state index in [0.29, 0.717) is 13.2 Å². The molecular formula is C20H24N2O3. The van der Waals surface area contributed by atoms with E-state index in [2.05, 4.69) is 10.6 Å². The van der Waals surface area contributed by atoms with Gasteiger partial charge in [0, 0.05) is 6.92 Å². The standard InChI is InChI=1S/C20H24N2O3/c1-15-8-10-18(11-9-15)25-13-12-21-20(24)14-19(22-16(2)23)17-6-4-3-5-7-17/h3-11,19H,12-14H2,1-2H3,(H,21,24)(H,22,23)/t19-/m1/s1. The van der Waals surface area contributed by atoms with Gasteiger partial charge >= 0.3 is 0 Å². The molecule has 0 unspecified atom stereocenters. The van der Waals surface area contributed by atoms with E-state index in [1.54, 1.807) is 0 Å². The Kier molecular flexibility index (Phi) is 7.01. The van der Waals surface area contributed by atoms with Crippen molar-refractivity contribution in [1.29, 1.82) is 0 Å². The van der Waals surface area contributed by atoms with Crippen molar-refractivity contribution in [3.8, 4) is 5.75 Å². The molecule has 0 saturated heterocycles. The summed E-state index contributed by atoms with van der Waals surface area (Å²) in [7, 11) is 0. The number of hydrogen-bond donors (Lipinski definition) is 2. The number of ether oxygens (including phenoxy) is 1. The number of benzene rings is 2. The third-order valence-corrected chi connectivity index (χ3v) is 3.68. The van der Waals surface area contributed by atoms with E-state index in [1.165, 1.54) is 12.5 Å². The second-order valence-corrected chi connectivity index (χ2v) is 5.88. The first-order chi connectivity index (χ1) is 12.0. The van der Waals surface area contributed by atoms with Crippen LogP contribution in [-0.4, -0.2) is 25.0 Å². The average molecular weight is 340 g/mol. The van der Waals surface area contributed by atoms with Crippen molar-refractivity contribution in [2.24, 2.45) is 0 Å². The smallest absolute Gasteiger partial charge is 0.222 e. The molecule has 2 amide bonds. The van der Waals surface area contributed by atoms with Crippen molar-refractivity contribution in [2.75, 3.05) is 13.2 Å². The van der Waals surface area contributed by atoms with E-state index < -0.39 is 0 Å². The number of nitrogens with one attached hydrogen (secondary N) is 2. The maximum atomic E-state index is 12.1. The van der Waals surface area contributed by atoms with Gasteiger partial charge in [-0.1, -0.05) is 48.0 Å². The summed E-state index contributed by atoms with van der Waals surface area (Å²) in [6.07, 6.45) is 0.189. The van der Waals surface area contributed by atoms with Crippen molar-refractivity contribution >= 4 is 11.8 Å². The van der Waals surface area contributed by atoms with Gasteiger partial charge in [0.05, 0.1) is 19.0 Å². The molecule has 1 atom stereocenters. The molecule has 5 nitrogen and oxygen atoms in total. The largest absolute Gasteiger partial charge is 0.492 e. The zero-order valence-electron chi connectivity index (χ0n) is 14.6. The number of rotatable bonds is 8. The summed E-state index contributed by atoms with van der Waals surface area (Å²) >= 11 is 0. The maximum absolute atomic E-state index is 12.1. The summed E-state index contributed by atoms with van der Waals surface area (Å²) < 4.78 is 5.58. The summed E-state index contributed by atoms with van der Waals surface area (Å²) in [6.45, 7) is 4.27. The first-order valence-electron chi connectivity index (χ1n) is 8.33. The predicted molar refractivity (Wildman–Crippen MR) is 97.3 cm³/mol. The molecule has 2 aromatic carbocycles. The molecule has 0 fully saturated rings. The Morgan fingerprint density at radius 2 is 1.72 bits per heavy atom. The lowest BCUT2D eigenvalue weighted by Gasteiger charge is -2.18. The molecule has 0 aliphatic carbocycles. The minimum Gasteiger partial charge on any atom is -0.492 e. The molecule has 0 saturated carbocycles. The Morgan fingerprint density at radius 3 is 2.36 bits per heavy atom. The molecule has 0 aliphatic rings. The quantitative estimate of drug-likeness (QED) is 0.726. The molecule has 0 aliphatic heterocycles. The molecule has 2 N–H and O–H groups in total. The van der Waals surface area contributed by atoms with Gasteiger partial charge in [-0.3, -0.25) is 9.59 Å². The van der Waals surface area contributed by atoms with Crippen LogP contribution in [0.2, 0.25) is 0 Å². The highest BCUT2D eigenvalue weighted by molar-refractivity contribution is 5.79. The van der Waals surface area contributed by atoms with E-state index >= 15 is 0 Å². The second kappa shape index (κ2) is 9.47. The van der Waals surface area contributed by atoms with Gasteiger partial charge in [0.2, 0.25) is 11.8 Å². The SMILES string of the molecule is CC(=O)N[C@H](CC(=O)NCCOc1ccc(C)cc1)c1ccccc1. The van der Waals surface area contributed by atoms with Crippen LogP contribution in [0, 0.1) is 6.92 Å². The molecule has 0 heterocycles. The van der Waals surface area contributed by atoms with Crippen LogP contribution in [0.3, 0.4) is 0 Å². The van der Waals surface area contributed by atoms with Gasteiger partial charge in [-0.25, -0.2) is 0 Å². The van der Waals surface area contributed by atoms with Gasteiger partial charge in [-0.05, 0) is 24.6 Å². The predicted octanol–water partition coefficient (Wildman–Crippen LogP) is 2.76. The third-order valence-electron chi connectivity index (χ3n) is 3.68. The average Bonchev–Trinajstić information content (AvgIpc) is 2.60. The zero-order valence-corrected chi connectivity index (χ0v) is 14.6. The van der Waals surface area contributed by atoms with Crippen molar-refractivity contribution in [3.05, 3.63) is 65.7 Å². The fourth-order valence-corrected chi connectivity index (χ4v) is 2.43. The normalized spacial score (nSPS) is 11.4. The van der Waals surface area contributed by atoms with Crippen molar-refractivity contribution < 1.29 is 14.3 Å². The molecular weight excluding hydrogens is 316 g/mol. The van der Waals surface area contributed by atoms with Crippen molar-refractivity contribution in [3.63, 3.8) is 0 Å². The van der Waals surface area contributed by atoms with Gasteiger partial charge in [0.15, 0.2) is 0 Å². The Bertz CT molecular complexity index is 684. The van der Waals surface area contributed by atoms with E-state index in [1.807, 2.05) is 61.5 Å². The first-order valence-corrected chi connectivity index (χ1v) is 8.33. The van der Waals surface area contributed by atoms with E-state index in [9.17, 15) is 9.59 Å². The summed E-state index contributed by atoms with van der Waals surface area (Å²) in [5.74, 6) is 0.486. The van der Waals surface area contributed by atoms with Crippen LogP contribution in [0.25, 0.3) is 0 Å². The van der Waals surface area contributed by atoms with Crippen LogP contribution in [0.5, 0.6) is 5.75 Å². The van der Waals surface area contributed by atoms with E-state index in [-0.39, 0.29) is 24.3 Å². The molecule has 0 bridgehead atoms. The monoisotopic (exact) mass is 340 g/mol. The van der Waals surface area contributed by atoms with E-state index in [4.69, 9.17) is 4.74 Å². The number of carbonyl (C=O) groups is 2. The summed E-state index contributed by atoms with van der Waals surface area (Å²) in [5, 5.41) is 5.64. The minimum absolute atomic E-state index is 0.130. The fraction of sp³-hybridized carbons (Fsp3) is 0.300. The zero-order chi connectivity index (χ0) is 18.1. The Labute approximate surface area is 148 Å². The number of amides is 2. The van der Waals surface area contributed by atoms with Gasteiger partial charge in [0.25, 0.3) is 0 Å². The van der Waals surface area contributed by atoms with Gasteiger partial charge in [0.1, 0.15) is 12.4 Å². The minimum atomic E-state index is -0.336. The number of aryl methyl sites for hydroxylation is 1. The van der Waals surface area contributed by atoms with Crippen LogP contribution in [0.1, 0.15) is 30.5 Å². The Balaban J connectivity index is 1.78. The summed E-state index contributed by atoms with van der Waals surface area (Å²) in [4.78, 5) is 23.5. The third kappa shape index (κ3) is 6.67. The number of carbonyl (C=O) groups excluding carboxylic acids is 2. The van der Waals surface area contributed by atoms with Gasteiger partial charge < -0.3 is 15.4 Å². The number of hydrogen-bond acceptors (Lipinski definition) is 3. The molecule has 0 aromatic heterocycles. The molecule has 0 radical (unpaired) electrons. The van der Waals surface area contributed by atoms with Crippen LogP contribution in [0.15, 0.2) is 54.6 Å². The van der Waals surface area contributed by atoms with Gasteiger partial charge in [-0.15, -0.1) is 0 Å². The summed E-state index contributed by atoms with van der Waals surface area (Å²) in [5.41, 5.74) is 2.08. The van der Waals surface area contributed by atoms with Crippen LogP contribution >= 0.6 is 0 Å². The molecule has 0 spiro atoms. The lowest BCUT2D eigenvalue weighted by atomic mass is 10.0. The fourth-order valence-electron chi connectivity index (χ4n) is 2.43. The Hall–Kier alpha value is -2.82. The van der Waals surface area contributed by atoms with Crippen molar-refractivity contribution in [2.45, 2.75) is 26.3 Å². The highest BCUT2D eigenvalue weighted by Crippen LogP contribution is 2.16. The van der Waals surface area contributed by atoms with Crippen LogP contribution in [0.4, 0.5) is 0 Å². The molecule has 25 heavy (non-hydrogen) atoms. The topological polar surface area (TPSA) is 67.4 Å². The molecule has 2 rings (SSSR count). The highest BCUT2D eigenvalue weighted by atomic mass is 16.5. The lowest BCUT2D eigenvalue weighted by Crippen LogP contribution is -2.34. The van der Waals surface area contributed by atoms with Gasteiger partial charge in [-0.2, -0.15) is 0 Å². The highest BCUT2D eigenvalue weighted by Gasteiger charge is 2.16. The molecule has 2 aromatic rings. The van der Waals surface area contributed by atoms with Crippen molar-refractivity contribution in [1.82, 2.24) is 10.6 Å². The summed E-state index contributed by atoms with van der Waals surface area (Å²) in [6, 6.07) is 16.9. The Morgan fingerprint density at radius 1 is 1.04 bits per heavy atom. The maximum Gasteiger partial charge on any atom is 0.222 e. The lowest BCUT2D eigenvalue weighted by molar-refractivity contribution is -0.122. The second-order valence-electron chi connectivity index (χ2n) is 5.88.